The number of hydrogen-bond acceptors (Lipinski definition) is 3. The fourth-order valence-electron chi connectivity index (χ4n) is 3.25. The summed E-state index contributed by atoms with van der Waals surface area (Å²) in [6.07, 6.45) is 0. The summed E-state index contributed by atoms with van der Waals surface area (Å²) in [5, 5.41) is 4.01. The Morgan fingerprint density at radius 3 is 2.07 bits per heavy atom. The van der Waals surface area contributed by atoms with Crippen LogP contribution in [0.3, 0.4) is 0 Å². The first-order valence-corrected chi connectivity index (χ1v) is 9.98. The van der Waals surface area contributed by atoms with Gasteiger partial charge in [0.25, 0.3) is 0 Å². The minimum Gasteiger partial charge on any atom is -0.457 e. The molecule has 1 aliphatic rings. The molecule has 0 amide bonds. The van der Waals surface area contributed by atoms with Gasteiger partial charge in [-0.2, -0.15) is 0 Å². The van der Waals surface area contributed by atoms with Crippen LogP contribution in [0, 0.1) is 5.82 Å². The molecule has 0 atom stereocenters. The Bertz CT molecular complexity index is 940. The molecule has 1 N–H and O–H groups in total. The van der Waals surface area contributed by atoms with Crippen molar-refractivity contribution in [1.29, 1.82) is 0 Å². The molecule has 1 saturated heterocycles. The number of benzene rings is 3. The third-order valence-electron chi connectivity index (χ3n) is 4.84. The van der Waals surface area contributed by atoms with Gasteiger partial charge >= 0.3 is 0 Å². The highest BCUT2D eigenvalue weighted by molar-refractivity contribution is 7.80. The number of thiocarbonyl (C=S) groups is 1. The first kappa shape index (κ1) is 19.2. The van der Waals surface area contributed by atoms with E-state index in [2.05, 4.69) is 15.1 Å². The number of nitrogens with one attached hydrogen (secondary N) is 1. The average molecular weight is 408 g/mol. The molecule has 0 saturated carbocycles. The van der Waals surface area contributed by atoms with E-state index in [9.17, 15) is 4.39 Å². The third-order valence-corrected chi connectivity index (χ3v) is 5.20. The zero-order valence-corrected chi connectivity index (χ0v) is 16.7. The number of anilines is 2. The van der Waals surface area contributed by atoms with Crippen LogP contribution in [0.25, 0.3) is 0 Å². The summed E-state index contributed by atoms with van der Waals surface area (Å²) in [7, 11) is 0. The minimum atomic E-state index is -0.210. The molecule has 0 unspecified atom stereocenters. The van der Waals surface area contributed by atoms with Gasteiger partial charge in [0.15, 0.2) is 5.11 Å². The second-order valence-corrected chi connectivity index (χ2v) is 7.21. The number of piperazine rings is 1. The molecule has 3 aromatic rings. The van der Waals surface area contributed by atoms with Gasteiger partial charge in [-0.1, -0.05) is 18.2 Å². The van der Waals surface area contributed by atoms with E-state index < -0.39 is 0 Å². The molecule has 1 fully saturated rings. The molecule has 148 valence electrons. The summed E-state index contributed by atoms with van der Waals surface area (Å²) in [5.41, 5.74) is 1.97. The fraction of sp³-hybridized carbons (Fsp3) is 0.174. The van der Waals surface area contributed by atoms with E-state index in [0.29, 0.717) is 5.11 Å². The lowest BCUT2D eigenvalue weighted by molar-refractivity contribution is 0.391. The fourth-order valence-corrected chi connectivity index (χ4v) is 3.55. The quantitative estimate of drug-likeness (QED) is 0.605. The Hall–Kier alpha value is -3.12. The molecule has 0 radical (unpaired) electrons. The second-order valence-electron chi connectivity index (χ2n) is 6.82. The highest BCUT2D eigenvalue weighted by atomic mass is 32.1. The molecular weight excluding hydrogens is 385 g/mol. The highest BCUT2D eigenvalue weighted by Crippen LogP contribution is 2.23. The van der Waals surface area contributed by atoms with Gasteiger partial charge in [0.1, 0.15) is 17.3 Å². The Labute approximate surface area is 175 Å². The summed E-state index contributed by atoms with van der Waals surface area (Å²) >= 11 is 5.58. The smallest absolute Gasteiger partial charge is 0.173 e. The van der Waals surface area contributed by atoms with E-state index in [1.807, 2.05) is 66.7 Å². The van der Waals surface area contributed by atoms with Crippen LogP contribution in [-0.4, -0.2) is 36.2 Å². The molecule has 0 spiro atoms. The molecule has 0 aliphatic carbocycles. The molecule has 0 aromatic heterocycles. The molecule has 3 aromatic carbocycles. The highest BCUT2D eigenvalue weighted by Gasteiger charge is 2.19. The van der Waals surface area contributed by atoms with Gasteiger partial charge < -0.3 is 19.9 Å². The topological polar surface area (TPSA) is 27.7 Å². The van der Waals surface area contributed by atoms with Crippen LogP contribution in [0.1, 0.15) is 0 Å². The first-order valence-electron chi connectivity index (χ1n) is 9.57. The van der Waals surface area contributed by atoms with Crippen LogP contribution in [0.4, 0.5) is 15.8 Å². The molecule has 0 bridgehead atoms. The molecule has 1 heterocycles. The number of ether oxygens (including phenoxy) is 1. The lowest BCUT2D eigenvalue weighted by Crippen LogP contribution is -2.50. The van der Waals surface area contributed by atoms with Crippen molar-refractivity contribution in [3.05, 3.63) is 84.7 Å². The van der Waals surface area contributed by atoms with Gasteiger partial charge in [0.2, 0.25) is 0 Å². The lowest BCUT2D eigenvalue weighted by atomic mass is 10.2. The van der Waals surface area contributed by atoms with Gasteiger partial charge in [-0.05, 0) is 72.9 Å². The number of rotatable bonds is 4. The molecule has 6 heteroatoms. The third kappa shape index (κ3) is 5.03. The normalized spacial score (nSPS) is 13.8. The SMILES string of the molecule is Fc1ccc(N2CCN(C(=S)Nc3ccc(Oc4ccccc4)cc3)CC2)cc1. The predicted octanol–water partition coefficient (Wildman–Crippen LogP) is 5.14. The van der Waals surface area contributed by atoms with Gasteiger partial charge in [-0.3, -0.25) is 0 Å². The molecule has 1 aliphatic heterocycles. The van der Waals surface area contributed by atoms with Gasteiger partial charge in [-0.25, -0.2) is 4.39 Å². The Balaban J connectivity index is 1.29. The molecule has 4 nitrogen and oxygen atoms in total. The maximum Gasteiger partial charge on any atom is 0.173 e. The summed E-state index contributed by atoms with van der Waals surface area (Å²) in [6.45, 7) is 3.32. The predicted molar refractivity (Wildman–Crippen MR) is 119 cm³/mol. The second kappa shape index (κ2) is 8.92. The summed E-state index contributed by atoms with van der Waals surface area (Å²) in [6, 6.07) is 24.1. The van der Waals surface area contributed by atoms with Crippen molar-refractivity contribution in [3.8, 4) is 11.5 Å². The number of nitrogens with zero attached hydrogens (tertiary/aromatic N) is 2. The number of halogens is 1. The van der Waals surface area contributed by atoms with Gasteiger partial charge in [-0.15, -0.1) is 0 Å². The molecular formula is C23H22FN3OS. The Morgan fingerprint density at radius 1 is 0.793 bits per heavy atom. The van der Waals surface area contributed by atoms with E-state index in [1.165, 1.54) is 12.1 Å². The van der Waals surface area contributed by atoms with Crippen LogP contribution >= 0.6 is 12.2 Å². The number of para-hydroxylation sites is 1. The van der Waals surface area contributed by atoms with E-state index in [4.69, 9.17) is 17.0 Å². The van der Waals surface area contributed by atoms with Gasteiger partial charge in [0, 0.05) is 37.6 Å². The van der Waals surface area contributed by atoms with E-state index in [-0.39, 0.29) is 5.82 Å². The van der Waals surface area contributed by atoms with Crippen molar-refractivity contribution in [2.24, 2.45) is 0 Å². The maximum absolute atomic E-state index is 13.1. The van der Waals surface area contributed by atoms with Crippen molar-refractivity contribution in [2.75, 3.05) is 36.4 Å². The molecule has 29 heavy (non-hydrogen) atoms. The zero-order valence-electron chi connectivity index (χ0n) is 15.9. The largest absolute Gasteiger partial charge is 0.457 e. The maximum atomic E-state index is 13.1. The van der Waals surface area contributed by atoms with Crippen molar-refractivity contribution >= 4 is 28.7 Å². The van der Waals surface area contributed by atoms with Crippen molar-refractivity contribution < 1.29 is 9.13 Å². The van der Waals surface area contributed by atoms with Crippen molar-refractivity contribution in [1.82, 2.24) is 4.90 Å². The summed E-state index contributed by atoms with van der Waals surface area (Å²) in [5.74, 6) is 1.38. The Kier molecular flexibility index (Phi) is 5.91. The van der Waals surface area contributed by atoms with Crippen molar-refractivity contribution in [2.45, 2.75) is 0 Å². The van der Waals surface area contributed by atoms with E-state index in [1.54, 1.807) is 0 Å². The van der Waals surface area contributed by atoms with E-state index >= 15 is 0 Å². The van der Waals surface area contributed by atoms with E-state index in [0.717, 1.165) is 49.1 Å². The van der Waals surface area contributed by atoms with Crippen LogP contribution in [0.5, 0.6) is 11.5 Å². The minimum absolute atomic E-state index is 0.210. The average Bonchev–Trinajstić information content (AvgIpc) is 2.76. The lowest BCUT2D eigenvalue weighted by Gasteiger charge is -2.37. The Morgan fingerprint density at radius 2 is 1.41 bits per heavy atom. The molecule has 4 rings (SSSR count). The van der Waals surface area contributed by atoms with Crippen molar-refractivity contribution in [3.63, 3.8) is 0 Å². The van der Waals surface area contributed by atoms with Gasteiger partial charge in [0.05, 0.1) is 0 Å². The standard InChI is InChI=1S/C23H22FN3OS/c24-18-6-10-20(11-7-18)26-14-16-27(17-15-26)23(29)25-19-8-12-22(13-9-19)28-21-4-2-1-3-5-21/h1-13H,14-17H2,(H,25,29). The first-order chi connectivity index (χ1) is 14.2. The summed E-state index contributed by atoms with van der Waals surface area (Å²) in [4.78, 5) is 4.40. The van der Waals surface area contributed by atoms with Crippen LogP contribution < -0.4 is 15.0 Å². The number of hydrogen-bond donors (Lipinski definition) is 1. The van der Waals surface area contributed by atoms with Crippen LogP contribution in [0.2, 0.25) is 0 Å². The zero-order chi connectivity index (χ0) is 20.1. The van der Waals surface area contributed by atoms with Crippen LogP contribution in [0.15, 0.2) is 78.9 Å². The van der Waals surface area contributed by atoms with Crippen LogP contribution in [-0.2, 0) is 0 Å². The monoisotopic (exact) mass is 407 g/mol. The summed E-state index contributed by atoms with van der Waals surface area (Å²) < 4.78 is 18.9.